The molecule has 122 valence electrons. The van der Waals surface area contributed by atoms with Crippen molar-refractivity contribution >= 4 is 18.0 Å². The summed E-state index contributed by atoms with van der Waals surface area (Å²) < 4.78 is 9.47. The van der Waals surface area contributed by atoms with E-state index in [2.05, 4.69) is 10.1 Å². The van der Waals surface area contributed by atoms with Gasteiger partial charge in [-0.05, 0) is 18.3 Å². The molecule has 0 unspecified atom stereocenters. The third kappa shape index (κ3) is 10.6. The van der Waals surface area contributed by atoms with Crippen LogP contribution in [-0.2, 0) is 19.1 Å². The molecule has 2 N–H and O–H groups in total. The van der Waals surface area contributed by atoms with Gasteiger partial charge in [0.05, 0.1) is 0 Å². The molecule has 0 aliphatic carbocycles. The fourth-order valence-corrected chi connectivity index (χ4v) is 1.90. The molecule has 0 aromatic rings. The Kier molecular flexibility index (Phi) is 9.16. The van der Waals surface area contributed by atoms with Crippen molar-refractivity contribution in [3.63, 3.8) is 0 Å². The van der Waals surface area contributed by atoms with Crippen LogP contribution in [0.3, 0.4) is 0 Å². The van der Waals surface area contributed by atoms with Gasteiger partial charge in [-0.25, -0.2) is 4.79 Å². The van der Waals surface area contributed by atoms with Gasteiger partial charge in [-0.2, -0.15) is 0 Å². The monoisotopic (exact) mass is 303 g/mol. The second-order valence-corrected chi connectivity index (χ2v) is 5.18. The number of nitrogens with one attached hydrogen (secondary N) is 1. The number of carboxylic acids is 1. The van der Waals surface area contributed by atoms with Crippen LogP contribution >= 0.6 is 0 Å². The number of hydrogen-bond acceptors (Lipinski definition) is 5. The van der Waals surface area contributed by atoms with Crippen molar-refractivity contribution in [3.8, 4) is 0 Å². The molecule has 7 nitrogen and oxygen atoms in total. The molecular formula is C14H25NO6. The lowest BCUT2D eigenvalue weighted by Crippen LogP contribution is -2.34. The highest BCUT2D eigenvalue weighted by molar-refractivity contribution is 5.69. The van der Waals surface area contributed by atoms with E-state index in [0.29, 0.717) is 12.3 Å². The van der Waals surface area contributed by atoms with E-state index in [4.69, 9.17) is 9.84 Å². The van der Waals surface area contributed by atoms with Crippen LogP contribution in [0.1, 0.15) is 47.0 Å². The minimum atomic E-state index is -0.977. The number of rotatable bonds is 9. The number of carboxylic acid groups (broad SMARTS) is 1. The SMILES string of the molecule is CC[C@@H](C)C[C@H](CNC(=O)O[C@H](C)OC(C)=O)CC(=O)O. The van der Waals surface area contributed by atoms with Gasteiger partial charge in [0.2, 0.25) is 6.29 Å². The summed E-state index contributed by atoms with van der Waals surface area (Å²) in [5, 5.41) is 11.4. The molecule has 0 aromatic heterocycles. The molecule has 0 heterocycles. The fraction of sp³-hybridized carbons (Fsp3) is 0.786. The lowest BCUT2D eigenvalue weighted by atomic mass is 9.91. The van der Waals surface area contributed by atoms with E-state index in [9.17, 15) is 14.4 Å². The first-order valence-corrected chi connectivity index (χ1v) is 7.08. The molecule has 0 saturated heterocycles. The third-order valence-electron chi connectivity index (χ3n) is 3.04. The first-order chi connectivity index (χ1) is 9.74. The van der Waals surface area contributed by atoms with E-state index < -0.39 is 24.3 Å². The summed E-state index contributed by atoms with van der Waals surface area (Å²) in [5.41, 5.74) is 0. The van der Waals surface area contributed by atoms with Crippen LogP contribution < -0.4 is 5.32 Å². The summed E-state index contributed by atoms with van der Waals surface area (Å²) in [7, 11) is 0. The van der Waals surface area contributed by atoms with Gasteiger partial charge in [-0.1, -0.05) is 20.3 Å². The second kappa shape index (κ2) is 10.0. The summed E-state index contributed by atoms with van der Waals surface area (Å²) in [6.07, 6.45) is -0.0604. The molecule has 0 saturated carbocycles. The van der Waals surface area contributed by atoms with Crippen molar-refractivity contribution in [1.29, 1.82) is 0 Å². The average Bonchev–Trinajstić information content (AvgIpc) is 2.33. The number of amides is 1. The number of carbonyl (C=O) groups excluding carboxylic acids is 2. The van der Waals surface area contributed by atoms with Crippen LogP contribution in [0.2, 0.25) is 0 Å². The van der Waals surface area contributed by atoms with Crippen molar-refractivity contribution in [3.05, 3.63) is 0 Å². The van der Waals surface area contributed by atoms with Crippen molar-refractivity contribution in [1.82, 2.24) is 5.32 Å². The molecule has 0 aliphatic rings. The maximum absolute atomic E-state index is 11.5. The van der Waals surface area contributed by atoms with Crippen LogP contribution in [-0.4, -0.2) is 36.0 Å². The zero-order valence-corrected chi connectivity index (χ0v) is 13.0. The largest absolute Gasteiger partial charge is 0.481 e. The van der Waals surface area contributed by atoms with Gasteiger partial charge in [0.25, 0.3) is 0 Å². The number of aliphatic carboxylic acids is 1. The maximum atomic E-state index is 11.5. The molecule has 0 radical (unpaired) electrons. The fourth-order valence-electron chi connectivity index (χ4n) is 1.90. The maximum Gasteiger partial charge on any atom is 0.410 e. The van der Waals surface area contributed by atoms with Gasteiger partial charge >= 0.3 is 18.0 Å². The van der Waals surface area contributed by atoms with Crippen LogP contribution in [0.15, 0.2) is 0 Å². The predicted octanol–water partition coefficient (Wildman–Crippen LogP) is 2.15. The standard InChI is InChI=1S/C14H25NO6/c1-5-9(2)6-12(7-13(17)18)8-15-14(19)21-11(4)20-10(3)16/h9,11-12H,5-8H2,1-4H3,(H,15,19)(H,17,18)/t9-,11-,12+/m1/s1. The lowest BCUT2D eigenvalue weighted by Gasteiger charge is -2.20. The number of hydrogen-bond donors (Lipinski definition) is 2. The molecule has 0 aromatic carbocycles. The Morgan fingerprint density at radius 3 is 2.29 bits per heavy atom. The molecule has 7 heteroatoms. The van der Waals surface area contributed by atoms with Gasteiger partial charge in [-0.3, -0.25) is 9.59 Å². The number of carbonyl (C=O) groups is 3. The molecule has 1 amide bonds. The van der Waals surface area contributed by atoms with Gasteiger partial charge in [0.15, 0.2) is 0 Å². The molecular weight excluding hydrogens is 278 g/mol. The highest BCUT2D eigenvalue weighted by atomic mass is 16.7. The Bertz CT molecular complexity index is 357. The third-order valence-corrected chi connectivity index (χ3v) is 3.04. The normalized spacial score (nSPS) is 14.7. The Balaban J connectivity index is 4.23. The van der Waals surface area contributed by atoms with Crippen molar-refractivity contribution < 1.29 is 29.0 Å². The Morgan fingerprint density at radius 2 is 1.81 bits per heavy atom. The van der Waals surface area contributed by atoms with E-state index in [0.717, 1.165) is 6.42 Å². The molecule has 3 atom stereocenters. The van der Waals surface area contributed by atoms with E-state index in [1.54, 1.807) is 0 Å². The van der Waals surface area contributed by atoms with Gasteiger partial charge < -0.3 is 19.9 Å². The Morgan fingerprint density at radius 1 is 1.19 bits per heavy atom. The number of alkyl carbamates (subject to hydrolysis) is 1. The molecule has 0 spiro atoms. The van der Waals surface area contributed by atoms with Gasteiger partial charge in [0, 0.05) is 26.8 Å². The molecule has 0 fully saturated rings. The molecule has 21 heavy (non-hydrogen) atoms. The smallest absolute Gasteiger partial charge is 0.410 e. The van der Waals surface area contributed by atoms with Gasteiger partial charge in [-0.15, -0.1) is 0 Å². The summed E-state index contributed by atoms with van der Waals surface area (Å²) >= 11 is 0. The Labute approximate surface area is 125 Å². The van der Waals surface area contributed by atoms with E-state index >= 15 is 0 Å². The summed E-state index contributed by atoms with van der Waals surface area (Å²) in [4.78, 5) is 33.0. The predicted molar refractivity (Wildman–Crippen MR) is 75.5 cm³/mol. The van der Waals surface area contributed by atoms with Gasteiger partial charge in [0.1, 0.15) is 0 Å². The van der Waals surface area contributed by atoms with Crippen LogP contribution in [0.4, 0.5) is 4.79 Å². The first-order valence-electron chi connectivity index (χ1n) is 7.08. The summed E-state index contributed by atoms with van der Waals surface area (Å²) in [5.74, 6) is -1.22. The second-order valence-electron chi connectivity index (χ2n) is 5.18. The zero-order valence-electron chi connectivity index (χ0n) is 13.0. The minimum Gasteiger partial charge on any atom is -0.481 e. The number of esters is 1. The topological polar surface area (TPSA) is 102 Å². The molecule has 0 aliphatic heterocycles. The highest BCUT2D eigenvalue weighted by Gasteiger charge is 2.18. The Hall–Kier alpha value is -1.79. The van der Waals surface area contributed by atoms with Crippen LogP contribution in [0, 0.1) is 11.8 Å². The first kappa shape index (κ1) is 19.2. The van der Waals surface area contributed by atoms with Crippen molar-refractivity contribution in [2.24, 2.45) is 11.8 Å². The van der Waals surface area contributed by atoms with Crippen LogP contribution in [0.25, 0.3) is 0 Å². The minimum absolute atomic E-state index is 0.00980. The summed E-state index contributed by atoms with van der Waals surface area (Å²) in [6.45, 7) is 6.92. The zero-order chi connectivity index (χ0) is 16.4. The highest BCUT2D eigenvalue weighted by Crippen LogP contribution is 2.17. The molecule has 0 rings (SSSR count). The average molecular weight is 303 g/mol. The van der Waals surface area contributed by atoms with Crippen molar-refractivity contribution in [2.45, 2.75) is 53.2 Å². The van der Waals surface area contributed by atoms with E-state index in [1.165, 1.54) is 13.8 Å². The lowest BCUT2D eigenvalue weighted by molar-refractivity contribution is -0.162. The van der Waals surface area contributed by atoms with Crippen molar-refractivity contribution in [2.75, 3.05) is 6.54 Å². The summed E-state index contributed by atoms with van der Waals surface area (Å²) in [6, 6.07) is 0. The van der Waals surface area contributed by atoms with E-state index in [-0.39, 0.29) is 18.9 Å². The molecule has 0 bridgehead atoms. The van der Waals surface area contributed by atoms with Crippen LogP contribution in [0.5, 0.6) is 0 Å². The van der Waals surface area contributed by atoms with E-state index in [1.807, 2.05) is 13.8 Å². The quantitative estimate of drug-likeness (QED) is 0.500. The number of ether oxygens (including phenoxy) is 2.